The van der Waals surface area contributed by atoms with Crippen LogP contribution in [0.5, 0.6) is 0 Å². The highest BCUT2D eigenvalue weighted by Crippen LogP contribution is 2.46. The van der Waals surface area contributed by atoms with E-state index < -0.39 is 0 Å². The second-order valence-electron chi connectivity index (χ2n) is 12.6. The second kappa shape index (κ2) is 11.9. The second-order valence-corrected chi connectivity index (χ2v) is 12.6. The Morgan fingerprint density at radius 3 is 1.55 bits per heavy atom. The van der Waals surface area contributed by atoms with Gasteiger partial charge < -0.3 is 4.57 Å². The molecule has 9 rings (SSSR count). The van der Waals surface area contributed by atoms with E-state index in [1.807, 2.05) is 66.7 Å². The molecule has 9 aromatic rings. The van der Waals surface area contributed by atoms with E-state index in [1.165, 1.54) is 0 Å². The van der Waals surface area contributed by atoms with E-state index in [1.54, 1.807) is 6.07 Å². The van der Waals surface area contributed by atoms with Crippen LogP contribution in [0.2, 0.25) is 0 Å². The first kappa shape index (κ1) is 29.7. The Hall–Kier alpha value is -7.45. The van der Waals surface area contributed by atoms with Crippen LogP contribution < -0.4 is 0 Å². The third kappa shape index (κ3) is 4.58. The first-order chi connectivity index (χ1) is 25.2. The quantitative estimate of drug-likeness (QED) is 0.141. The van der Waals surface area contributed by atoms with Gasteiger partial charge in [-0.05, 0) is 74.1 Å². The highest BCUT2D eigenvalue weighted by atomic mass is 15.0. The van der Waals surface area contributed by atoms with Crippen LogP contribution in [0.15, 0.2) is 158 Å². The number of aromatic nitrogens is 1. The molecule has 8 aromatic carbocycles. The van der Waals surface area contributed by atoms with E-state index in [0.29, 0.717) is 22.4 Å². The van der Waals surface area contributed by atoms with Gasteiger partial charge in [-0.3, -0.25) is 0 Å². The number of nitrogens with zero attached hydrogens (tertiary/aromatic N) is 4. The van der Waals surface area contributed by atoms with E-state index in [2.05, 4.69) is 106 Å². The van der Waals surface area contributed by atoms with Crippen LogP contribution in [0.4, 0.5) is 5.69 Å². The minimum absolute atomic E-state index is 0.352. The molecule has 0 fully saturated rings. The molecule has 234 valence electrons. The lowest BCUT2D eigenvalue weighted by atomic mass is 9.84. The summed E-state index contributed by atoms with van der Waals surface area (Å²) < 4.78 is 2.14. The van der Waals surface area contributed by atoms with Crippen LogP contribution in [-0.4, -0.2) is 4.57 Å². The molecule has 4 heteroatoms. The van der Waals surface area contributed by atoms with Crippen molar-refractivity contribution < 1.29 is 0 Å². The van der Waals surface area contributed by atoms with Crippen molar-refractivity contribution in [3.63, 3.8) is 0 Å². The maximum absolute atomic E-state index is 10.8. The molecule has 0 aliphatic carbocycles. The van der Waals surface area contributed by atoms with E-state index in [0.717, 1.165) is 76.9 Å². The average Bonchev–Trinajstić information content (AvgIpc) is 3.53. The monoisotopic (exact) mass is 646 g/mol. The number of para-hydroxylation sites is 2. The van der Waals surface area contributed by atoms with Crippen molar-refractivity contribution >= 4 is 49.0 Å². The van der Waals surface area contributed by atoms with Gasteiger partial charge in [0.2, 0.25) is 0 Å². The molecule has 0 spiro atoms. The highest BCUT2D eigenvalue weighted by molar-refractivity contribution is 6.22. The molecule has 0 amide bonds. The van der Waals surface area contributed by atoms with E-state index in [9.17, 15) is 10.5 Å². The molecule has 0 radical (unpaired) electrons. The number of benzene rings is 8. The van der Waals surface area contributed by atoms with Gasteiger partial charge in [-0.1, -0.05) is 127 Å². The summed E-state index contributed by atoms with van der Waals surface area (Å²) in [5, 5.41) is 27.4. The van der Waals surface area contributed by atoms with Gasteiger partial charge >= 0.3 is 0 Å². The molecule has 0 aliphatic heterocycles. The summed E-state index contributed by atoms with van der Waals surface area (Å²) in [6.07, 6.45) is 0. The SMILES string of the molecule is [C-]#[N+]c1cc(C#N)cc(-n2c3ccccc3c3ccccc32)c1-c1ccc(-c2c3ccccc3c(-c3ccccc3)c3ccccc23)c(C#N)c1. The molecule has 0 aliphatic rings. The Labute approximate surface area is 294 Å². The molecular formula is C47H26N4. The zero-order valence-electron chi connectivity index (χ0n) is 27.3. The minimum atomic E-state index is 0.352. The van der Waals surface area contributed by atoms with Gasteiger partial charge in [0.15, 0.2) is 5.69 Å². The van der Waals surface area contributed by atoms with Gasteiger partial charge in [0.1, 0.15) is 0 Å². The van der Waals surface area contributed by atoms with Crippen LogP contribution in [0.3, 0.4) is 0 Å². The maximum atomic E-state index is 10.8. The number of rotatable bonds is 4. The van der Waals surface area contributed by atoms with Gasteiger partial charge in [-0.25, -0.2) is 4.85 Å². The molecular weight excluding hydrogens is 621 g/mol. The predicted molar refractivity (Wildman–Crippen MR) is 208 cm³/mol. The van der Waals surface area contributed by atoms with Crippen molar-refractivity contribution in [1.29, 1.82) is 10.5 Å². The fourth-order valence-corrected chi connectivity index (χ4v) is 7.76. The molecule has 0 N–H and O–H groups in total. The van der Waals surface area contributed by atoms with Gasteiger partial charge in [-0.15, -0.1) is 0 Å². The van der Waals surface area contributed by atoms with Gasteiger partial charge in [0.05, 0.1) is 35.3 Å². The van der Waals surface area contributed by atoms with Crippen LogP contribution in [-0.2, 0) is 0 Å². The van der Waals surface area contributed by atoms with Gasteiger partial charge in [-0.2, -0.15) is 10.5 Å². The van der Waals surface area contributed by atoms with E-state index in [-0.39, 0.29) is 0 Å². The van der Waals surface area contributed by atoms with Crippen molar-refractivity contribution in [3.8, 4) is 51.2 Å². The Morgan fingerprint density at radius 2 is 1.00 bits per heavy atom. The van der Waals surface area contributed by atoms with Crippen LogP contribution >= 0.6 is 0 Å². The Bertz CT molecular complexity index is 2890. The summed E-state index contributed by atoms with van der Waals surface area (Å²) in [4.78, 5) is 3.95. The summed E-state index contributed by atoms with van der Waals surface area (Å²) >= 11 is 0. The standard InChI is InChI=1S/C47H26N4/c1-50-41-25-30(28-48)26-44(51-42-21-11-9-15-35(42)36-16-10-12-22-43(36)51)46(41)32-23-24-34(33(27-32)29-49)47-39-19-7-5-17-37(39)45(31-13-3-2-4-14-31)38-18-6-8-20-40(38)47/h2-27H. The third-order valence-electron chi connectivity index (χ3n) is 9.86. The Morgan fingerprint density at radius 1 is 0.471 bits per heavy atom. The lowest BCUT2D eigenvalue weighted by Crippen LogP contribution is -1.99. The fourth-order valence-electron chi connectivity index (χ4n) is 7.76. The molecule has 0 bridgehead atoms. The first-order valence-electron chi connectivity index (χ1n) is 16.7. The normalized spacial score (nSPS) is 11.1. The predicted octanol–water partition coefficient (Wildman–Crippen LogP) is 12.4. The Kier molecular flexibility index (Phi) is 6.93. The molecule has 51 heavy (non-hydrogen) atoms. The summed E-state index contributed by atoms with van der Waals surface area (Å²) in [6.45, 7) is 8.24. The zero-order chi connectivity index (χ0) is 34.5. The lowest BCUT2D eigenvalue weighted by Gasteiger charge is -2.20. The molecule has 0 saturated heterocycles. The first-order valence-corrected chi connectivity index (χ1v) is 16.7. The summed E-state index contributed by atoms with van der Waals surface area (Å²) in [7, 11) is 0. The van der Waals surface area contributed by atoms with Crippen molar-refractivity contribution in [1.82, 2.24) is 4.57 Å². The van der Waals surface area contributed by atoms with Crippen molar-refractivity contribution in [2.75, 3.05) is 0 Å². The maximum Gasteiger partial charge on any atom is 0.198 e. The smallest absolute Gasteiger partial charge is 0.198 e. The minimum Gasteiger partial charge on any atom is -0.310 e. The van der Waals surface area contributed by atoms with Crippen molar-refractivity contribution in [2.45, 2.75) is 0 Å². The molecule has 1 aromatic heterocycles. The van der Waals surface area contributed by atoms with Crippen molar-refractivity contribution in [2.24, 2.45) is 0 Å². The third-order valence-corrected chi connectivity index (χ3v) is 9.86. The van der Waals surface area contributed by atoms with E-state index in [4.69, 9.17) is 6.57 Å². The molecule has 0 atom stereocenters. The van der Waals surface area contributed by atoms with Gasteiger partial charge in [0, 0.05) is 33.2 Å². The lowest BCUT2D eigenvalue weighted by molar-refractivity contribution is 1.18. The number of hydrogen-bond donors (Lipinski definition) is 0. The number of nitriles is 2. The van der Waals surface area contributed by atoms with Crippen LogP contribution in [0.25, 0.3) is 87.3 Å². The molecule has 0 unspecified atom stereocenters. The highest BCUT2D eigenvalue weighted by Gasteiger charge is 2.22. The number of fused-ring (bicyclic) bond motifs is 5. The summed E-state index contributed by atoms with van der Waals surface area (Å²) in [5.74, 6) is 0. The summed E-state index contributed by atoms with van der Waals surface area (Å²) in [6, 6.07) is 57.8. The van der Waals surface area contributed by atoms with E-state index >= 15 is 0 Å². The zero-order valence-corrected chi connectivity index (χ0v) is 27.3. The largest absolute Gasteiger partial charge is 0.310 e. The Balaban J connectivity index is 1.34. The average molecular weight is 647 g/mol. The van der Waals surface area contributed by atoms with Gasteiger partial charge in [0.25, 0.3) is 0 Å². The molecule has 1 heterocycles. The summed E-state index contributed by atoms with van der Waals surface area (Å²) in [5.41, 5.74) is 9.44. The topological polar surface area (TPSA) is 56.9 Å². The molecule has 4 nitrogen and oxygen atoms in total. The molecule has 0 saturated carbocycles. The van der Waals surface area contributed by atoms with Crippen molar-refractivity contribution in [3.05, 3.63) is 180 Å². The van der Waals surface area contributed by atoms with Crippen LogP contribution in [0, 0.1) is 29.2 Å². The number of hydrogen-bond acceptors (Lipinski definition) is 2. The fraction of sp³-hybridized carbons (Fsp3) is 0. The van der Waals surface area contributed by atoms with Crippen LogP contribution in [0.1, 0.15) is 11.1 Å².